The van der Waals surface area contributed by atoms with Gasteiger partial charge in [-0.05, 0) is 126 Å². The maximum absolute atomic E-state index is 6.34. The second kappa shape index (κ2) is 19.6. The van der Waals surface area contributed by atoms with Crippen LogP contribution < -0.4 is 0 Å². The molecule has 0 amide bonds. The predicted molar refractivity (Wildman–Crippen MR) is 290 cm³/mol. The van der Waals surface area contributed by atoms with Crippen LogP contribution in [0.15, 0.2) is 181 Å². The first-order valence-corrected chi connectivity index (χ1v) is 23.4. The topological polar surface area (TPSA) is 40.8 Å². The van der Waals surface area contributed by atoms with Crippen molar-refractivity contribution in [3.8, 4) is 5.69 Å². The van der Waals surface area contributed by atoms with Crippen molar-refractivity contribution >= 4 is 99.4 Å². The van der Waals surface area contributed by atoms with E-state index >= 15 is 0 Å². The largest absolute Gasteiger partial charge is 0.456 e. The number of allylic oxidation sites excluding steroid dienone is 13. The van der Waals surface area contributed by atoms with Gasteiger partial charge in [0.15, 0.2) is 0 Å². The Hall–Kier alpha value is -7.63. The summed E-state index contributed by atoms with van der Waals surface area (Å²) >= 11 is 0. The van der Waals surface area contributed by atoms with Crippen molar-refractivity contribution in [2.45, 2.75) is 69.2 Å². The quantitative estimate of drug-likeness (QED) is 0.136. The summed E-state index contributed by atoms with van der Waals surface area (Å²) in [5, 5.41) is 8.40. The molecule has 5 nitrogen and oxygen atoms in total. The summed E-state index contributed by atoms with van der Waals surface area (Å²) in [5.74, 6) is 0.878. The highest BCUT2D eigenvalue weighted by Crippen LogP contribution is 2.46. The van der Waals surface area contributed by atoms with Gasteiger partial charge in [0.1, 0.15) is 11.3 Å². The van der Waals surface area contributed by atoms with Crippen molar-refractivity contribution in [3.63, 3.8) is 0 Å². The molecule has 5 heteroatoms. The van der Waals surface area contributed by atoms with Crippen molar-refractivity contribution in [3.05, 3.63) is 193 Å². The molecule has 0 atom stereocenters. The molecule has 0 aliphatic rings. The number of aromatic nitrogens is 4. The lowest BCUT2D eigenvalue weighted by atomic mass is 10.1. The Morgan fingerprint density at radius 3 is 1.86 bits per heavy atom. The first-order valence-electron chi connectivity index (χ1n) is 23.4. The van der Waals surface area contributed by atoms with Gasteiger partial charge >= 0.3 is 0 Å². The molecular formula is C61H60N4O. The van der Waals surface area contributed by atoms with E-state index < -0.39 is 0 Å². The van der Waals surface area contributed by atoms with Gasteiger partial charge in [-0.25, -0.2) is 0 Å². The smallest absolute Gasteiger partial charge is 0.135 e. The van der Waals surface area contributed by atoms with Crippen LogP contribution in [-0.2, 0) is 0 Å². The summed E-state index contributed by atoms with van der Waals surface area (Å²) in [4.78, 5) is 4.69. The molecular weight excluding hydrogens is 805 g/mol. The zero-order valence-electron chi connectivity index (χ0n) is 40.0. The molecule has 5 heterocycles. The molecule has 0 saturated carbocycles. The fourth-order valence-corrected chi connectivity index (χ4v) is 9.37. The van der Waals surface area contributed by atoms with Gasteiger partial charge in [-0.1, -0.05) is 125 Å². The molecule has 0 N–H and O–H groups in total. The third-order valence-electron chi connectivity index (χ3n) is 12.2. The lowest BCUT2D eigenvalue weighted by Crippen LogP contribution is -1.97. The SMILES string of the molecule is CC.CC.C\C=C/C=C(\C=C(/C)c1ccccn1)n1c2ccccc2c2c1ccc1c3ccc4c(c5ccccc5n4-c4ccc5oc(/C=C\C=C\C)c(C)c5c4)c3n(/C(C)=C/C=C\C)c12. The maximum Gasteiger partial charge on any atom is 0.135 e. The van der Waals surface area contributed by atoms with Gasteiger partial charge in [0.2, 0.25) is 0 Å². The number of hydrogen-bond acceptors (Lipinski definition) is 2. The number of fused-ring (bicyclic) bond motifs is 12. The number of rotatable bonds is 9. The van der Waals surface area contributed by atoms with Crippen molar-refractivity contribution in [1.29, 1.82) is 0 Å². The molecule has 0 bridgehead atoms. The van der Waals surface area contributed by atoms with E-state index in [-0.39, 0.29) is 0 Å². The van der Waals surface area contributed by atoms with Crippen molar-refractivity contribution < 1.29 is 4.42 Å². The molecule has 66 heavy (non-hydrogen) atoms. The van der Waals surface area contributed by atoms with Gasteiger partial charge < -0.3 is 18.1 Å². The Balaban J connectivity index is 0.00000144. The highest BCUT2D eigenvalue weighted by Gasteiger charge is 2.25. The van der Waals surface area contributed by atoms with Crippen molar-refractivity contribution in [2.24, 2.45) is 0 Å². The first kappa shape index (κ1) is 45.0. The molecule has 0 spiro atoms. The Morgan fingerprint density at radius 2 is 1.18 bits per heavy atom. The third kappa shape index (κ3) is 7.64. The standard InChI is InChI=1S/C57H48N4O.2C2H6/c1-7-10-13-27-52-39(6)46-36-41(28-33-53(46)62-52)61-49-26-17-15-23-45(49)55-51(61)32-30-43-42-29-31-50-54(56(42)59(57(43)55)38(5)20-11-8-2)44-22-14-16-25-48(44)60(50)40(21-12-9-3)35-37(4)47-24-18-19-34-58-47;2*1-2/h7-36H,1-6H3;2*1-2H3/b10-7+,11-8-,12-9-,27-13-,37-35+,38-20+,40-21+;;. The van der Waals surface area contributed by atoms with Crippen LogP contribution >= 0.6 is 0 Å². The van der Waals surface area contributed by atoms with Crippen LogP contribution in [0.25, 0.3) is 105 Å². The van der Waals surface area contributed by atoms with Crippen LogP contribution in [0, 0.1) is 6.92 Å². The fourth-order valence-electron chi connectivity index (χ4n) is 9.37. The van der Waals surface area contributed by atoms with Crippen LogP contribution in [0.4, 0.5) is 0 Å². The van der Waals surface area contributed by atoms with E-state index in [9.17, 15) is 0 Å². The Labute approximate surface area is 389 Å². The molecule has 0 aliphatic carbocycles. The molecule has 0 unspecified atom stereocenters. The zero-order chi connectivity index (χ0) is 46.5. The minimum absolute atomic E-state index is 0.878. The monoisotopic (exact) mass is 864 g/mol. The number of furan rings is 1. The summed E-state index contributed by atoms with van der Waals surface area (Å²) in [6.07, 6.45) is 25.1. The van der Waals surface area contributed by atoms with E-state index in [0.29, 0.717) is 0 Å². The third-order valence-corrected chi connectivity index (χ3v) is 12.2. The number of pyridine rings is 1. The Kier molecular flexibility index (Phi) is 13.4. The fraction of sp³-hybridized carbons (Fsp3) is 0.164. The lowest BCUT2D eigenvalue weighted by molar-refractivity contribution is 0.601. The van der Waals surface area contributed by atoms with E-state index in [1.54, 1.807) is 0 Å². The average molecular weight is 865 g/mol. The van der Waals surface area contributed by atoms with E-state index in [0.717, 1.165) is 72.7 Å². The predicted octanol–water partition coefficient (Wildman–Crippen LogP) is 18.0. The molecule has 330 valence electrons. The molecule has 5 aromatic heterocycles. The number of benzene rings is 5. The summed E-state index contributed by atoms with van der Waals surface area (Å²) in [6, 6.07) is 39.6. The number of hydrogen-bond donors (Lipinski definition) is 0. The van der Waals surface area contributed by atoms with Gasteiger partial charge in [-0.3, -0.25) is 4.98 Å². The van der Waals surface area contributed by atoms with Gasteiger partial charge in [0, 0.05) is 66.5 Å². The van der Waals surface area contributed by atoms with Crippen molar-refractivity contribution in [2.75, 3.05) is 0 Å². The molecule has 0 aliphatic heterocycles. The molecule has 0 radical (unpaired) electrons. The van der Waals surface area contributed by atoms with E-state index in [1.807, 2.05) is 77.3 Å². The maximum atomic E-state index is 6.34. The summed E-state index contributed by atoms with van der Waals surface area (Å²) < 4.78 is 13.7. The zero-order valence-corrected chi connectivity index (χ0v) is 40.0. The van der Waals surface area contributed by atoms with Crippen LogP contribution in [0.3, 0.4) is 0 Å². The van der Waals surface area contributed by atoms with Gasteiger partial charge in [-0.2, -0.15) is 0 Å². The van der Waals surface area contributed by atoms with Crippen molar-refractivity contribution in [1.82, 2.24) is 18.7 Å². The lowest BCUT2D eigenvalue weighted by Gasteiger charge is -2.12. The number of nitrogens with zero attached hydrogens (tertiary/aromatic N) is 4. The van der Waals surface area contributed by atoms with Crippen LogP contribution in [0.1, 0.15) is 79.3 Å². The van der Waals surface area contributed by atoms with Crippen LogP contribution in [0.5, 0.6) is 0 Å². The minimum atomic E-state index is 0.878. The van der Waals surface area contributed by atoms with E-state index in [4.69, 9.17) is 4.42 Å². The summed E-state index contributed by atoms with van der Waals surface area (Å²) in [6.45, 7) is 20.7. The molecule has 0 saturated heterocycles. The van der Waals surface area contributed by atoms with Gasteiger partial charge in [-0.15, -0.1) is 0 Å². The molecule has 10 rings (SSSR count). The average Bonchev–Trinajstić information content (AvgIpc) is 4.09. The Morgan fingerprint density at radius 1 is 0.561 bits per heavy atom. The summed E-state index contributed by atoms with van der Waals surface area (Å²) in [5.41, 5.74) is 14.4. The highest BCUT2D eigenvalue weighted by atomic mass is 16.3. The normalized spacial score (nSPS) is 13.0. The van der Waals surface area contributed by atoms with Crippen LogP contribution in [-0.4, -0.2) is 18.7 Å². The Bertz CT molecular complexity index is 3620. The highest BCUT2D eigenvalue weighted by molar-refractivity contribution is 6.32. The molecule has 10 aromatic rings. The second-order valence-electron chi connectivity index (χ2n) is 15.9. The molecule has 5 aromatic carbocycles. The van der Waals surface area contributed by atoms with E-state index in [1.165, 1.54) is 43.4 Å². The number of aryl methyl sites for hydroxylation is 1. The molecule has 0 fully saturated rings. The second-order valence-corrected chi connectivity index (χ2v) is 15.9. The van der Waals surface area contributed by atoms with E-state index in [2.05, 4.69) is 193 Å². The van der Waals surface area contributed by atoms with Gasteiger partial charge in [0.05, 0.1) is 38.8 Å². The summed E-state index contributed by atoms with van der Waals surface area (Å²) in [7, 11) is 0. The number of para-hydroxylation sites is 2. The minimum Gasteiger partial charge on any atom is -0.456 e. The van der Waals surface area contributed by atoms with Gasteiger partial charge in [0.25, 0.3) is 0 Å². The van der Waals surface area contributed by atoms with Crippen LogP contribution in [0.2, 0.25) is 0 Å². The first-order chi connectivity index (χ1) is 32.4.